The Morgan fingerprint density at radius 3 is 2.77 bits per heavy atom. The molecule has 2 aromatic heterocycles. The molecule has 1 amide bonds. The number of furan rings is 1. The van der Waals surface area contributed by atoms with Gasteiger partial charge >= 0.3 is 0 Å². The minimum absolute atomic E-state index is 0.251. The highest BCUT2D eigenvalue weighted by molar-refractivity contribution is 9.10. The van der Waals surface area contributed by atoms with Gasteiger partial charge in [-0.2, -0.15) is 0 Å². The third-order valence-electron chi connectivity index (χ3n) is 2.98. The minimum Gasteiger partial charge on any atom is -0.450 e. The Morgan fingerprint density at radius 1 is 1.18 bits per heavy atom. The first-order valence-electron chi connectivity index (χ1n) is 6.71. The van der Waals surface area contributed by atoms with Crippen molar-refractivity contribution in [3.05, 3.63) is 53.0 Å². The van der Waals surface area contributed by atoms with Crippen LogP contribution in [-0.4, -0.2) is 29.0 Å². The number of hydrogen-bond acceptors (Lipinski definition) is 5. The summed E-state index contributed by atoms with van der Waals surface area (Å²) in [6, 6.07) is 9.13. The van der Waals surface area contributed by atoms with Crippen LogP contribution in [0.3, 0.4) is 0 Å². The van der Waals surface area contributed by atoms with Crippen molar-refractivity contribution in [2.24, 2.45) is 0 Å². The molecule has 0 aliphatic heterocycles. The van der Waals surface area contributed by atoms with Crippen LogP contribution in [0.5, 0.6) is 0 Å². The van der Waals surface area contributed by atoms with Crippen LogP contribution >= 0.6 is 15.9 Å². The van der Waals surface area contributed by atoms with Gasteiger partial charge in [-0.15, -0.1) is 0 Å². The number of aromatic nitrogens is 2. The van der Waals surface area contributed by atoms with E-state index in [4.69, 9.17) is 4.42 Å². The zero-order chi connectivity index (χ0) is 15.4. The summed E-state index contributed by atoms with van der Waals surface area (Å²) in [5, 5.41) is 6.68. The van der Waals surface area contributed by atoms with Crippen LogP contribution in [0.2, 0.25) is 0 Å². The minimum atomic E-state index is -0.251. The standard InChI is InChI=1S/C15H13BrN4O2/c16-11-4-1-3-10-9-12(22-13(10)11)14(21)17-7-8-20-15-18-5-2-6-19-15/h1-6,9H,7-8H2,(H,17,21)(H,18,19,20). The van der Waals surface area contributed by atoms with Crippen LogP contribution in [-0.2, 0) is 0 Å². The SMILES string of the molecule is O=C(NCCNc1ncccn1)c1cc2cccc(Br)c2o1. The Bertz CT molecular complexity index is 789. The van der Waals surface area contributed by atoms with Crippen molar-refractivity contribution < 1.29 is 9.21 Å². The molecule has 2 N–H and O–H groups in total. The fourth-order valence-corrected chi connectivity index (χ4v) is 2.43. The predicted molar refractivity (Wildman–Crippen MR) is 86.8 cm³/mol. The Labute approximate surface area is 135 Å². The summed E-state index contributed by atoms with van der Waals surface area (Å²) in [5.74, 6) is 0.571. The van der Waals surface area contributed by atoms with Crippen molar-refractivity contribution in [1.29, 1.82) is 0 Å². The van der Waals surface area contributed by atoms with Gasteiger partial charge in [0.15, 0.2) is 5.76 Å². The van der Waals surface area contributed by atoms with Crippen LogP contribution in [0.1, 0.15) is 10.6 Å². The highest BCUT2D eigenvalue weighted by Gasteiger charge is 2.13. The first-order valence-corrected chi connectivity index (χ1v) is 7.50. The molecule has 112 valence electrons. The molecule has 0 aliphatic rings. The predicted octanol–water partition coefficient (Wildman–Crippen LogP) is 2.83. The molecule has 2 heterocycles. The highest BCUT2D eigenvalue weighted by Crippen LogP contribution is 2.26. The van der Waals surface area contributed by atoms with Crippen LogP contribution in [0.25, 0.3) is 11.0 Å². The van der Waals surface area contributed by atoms with Crippen LogP contribution < -0.4 is 10.6 Å². The average Bonchev–Trinajstić information content (AvgIpc) is 2.98. The van der Waals surface area contributed by atoms with E-state index in [1.54, 1.807) is 24.5 Å². The van der Waals surface area contributed by atoms with E-state index in [9.17, 15) is 4.79 Å². The molecule has 0 saturated heterocycles. The van der Waals surface area contributed by atoms with Crippen LogP contribution in [0.15, 0.2) is 51.6 Å². The van der Waals surface area contributed by atoms with Gasteiger partial charge < -0.3 is 15.1 Å². The summed E-state index contributed by atoms with van der Waals surface area (Å²) < 4.78 is 6.40. The molecule has 0 atom stereocenters. The number of nitrogens with zero attached hydrogens (tertiary/aromatic N) is 2. The van der Waals surface area contributed by atoms with E-state index in [0.29, 0.717) is 24.6 Å². The molecule has 0 unspecified atom stereocenters. The average molecular weight is 361 g/mol. The first kappa shape index (κ1) is 14.5. The monoisotopic (exact) mass is 360 g/mol. The van der Waals surface area contributed by atoms with Gasteiger partial charge in [0.2, 0.25) is 5.95 Å². The lowest BCUT2D eigenvalue weighted by Crippen LogP contribution is -2.28. The lowest BCUT2D eigenvalue weighted by molar-refractivity contribution is 0.0929. The molecule has 0 fully saturated rings. The third-order valence-corrected chi connectivity index (χ3v) is 3.60. The molecule has 0 aliphatic carbocycles. The van der Waals surface area contributed by atoms with Crippen molar-refractivity contribution in [2.75, 3.05) is 18.4 Å². The van der Waals surface area contributed by atoms with E-state index in [0.717, 1.165) is 9.86 Å². The quantitative estimate of drug-likeness (QED) is 0.683. The summed E-state index contributed by atoms with van der Waals surface area (Å²) in [7, 11) is 0. The Morgan fingerprint density at radius 2 is 2.00 bits per heavy atom. The topological polar surface area (TPSA) is 80.0 Å². The van der Waals surface area contributed by atoms with Crippen LogP contribution in [0.4, 0.5) is 5.95 Å². The van der Waals surface area contributed by atoms with Crippen molar-refractivity contribution >= 4 is 38.8 Å². The maximum absolute atomic E-state index is 12.1. The molecule has 0 saturated carbocycles. The number of carbonyl (C=O) groups is 1. The van der Waals surface area contributed by atoms with E-state index in [1.165, 1.54) is 0 Å². The maximum Gasteiger partial charge on any atom is 0.287 e. The second-order valence-corrected chi connectivity index (χ2v) is 5.38. The van der Waals surface area contributed by atoms with Gasteiger partial charge in [-0.05, 0) is 34.1 Å². The van der Waals surface area contributed by atoms with E-state index >= 15 is 0 Å². The molecular weight excluding hydrogens is 348 g/mol. The van der Waals surface area contributed by atoms with E-state index in [2.05, 4.69) is 36.5 Å². The maximum atomic E-state index is 12.1. The number of fused-ring (bicyclic) bond motifs is 1. The molecule has 0 radical (unpaired) electrons. The largest absolute Gasteiger partial charge is 0.450 e. The molecule has 0 spiro atoms. The van der Waals surface area contributed by atoms with E-state index < -0.39 is 0 Å². The van der Waals surface area contributed by atoms with Gasteiger partial charge in [0, 0.05) is 30.9 Å². The fraction of sp³-hybridized carbons (Fsp3) is 0.133. The zero-order valence-corrected chi connectivity index (χ0v) is 13.1. The normalized spacial score (nSPS) is 10.6. The Balaban J connectivity index is 1.56. The molecule has 6 nitrogen and oxygen atoms in total. The fourth-order valence-electron chi connectivity index (χ4n) is 1.97. The molecule has 7 heteroatoms. The first-order chi connectivity index (χ1) is 10.7. The summed E-state index contributed by atoms with van der Waals surface area (Å²) in [5.41, 5.74) is 0.670. The summed E-state index contributed by atoms with van der Waals surface area (Å²) in [6.45, 7) is 0.967. The lowest BCUT2D eigenvalue weighted by atomic mass is 10.2. The summed E-state index contributed by atoms with van der Waals surface area (Å²) in [4.78, 5) is 20.1. The molecule has 1 aromatic carbocycles. The number of rotatable bonds is 5. The van der Waals surface area contributed by atoms with Gasteiger partial charge in [-0.3, -0.25) is 4.79 Å². The second-order valence-electron chi connectivity index (χ2n) is 4.52. The van der Waals surface area contributed by atoms with Gasteiger partial charge in [0.05, 0.1) is 4.47 Å². The summed E-state index contributed by atoms with van der Waals surface area (Å²) >= 11 is 3.40. The van der Waals surface area contributed by atoms with Crippen molar-refractivity contribution in [3.63, 3.8) is 0 Å². The van der Waals surface area contributed by atoms with Crippen molar-refractivity contribution in [2.45, 2.75) is 0 Å². The van der Waals surface area contributed by atoms with Crippen LogP contribution in [0, 0.1) is 0 Å². The van der Waals surface area contributed by atoms with Crippen molar-refractivity contribution in [1.82, 2.24) is 15.3 Å². The number of anilines is 1. The molecule has 3 rings (SSSR count). The number of para-hydroxylation sites is 1. The molecule has 0 bridgehead atoms. The number of hydrogen-bond donors (Lipinski definition) is 2. The Hall–Kier alpha value is -2.41. The van der Waals surface area contributed by atoms with E-state index in [-0.39, 0.29) is 11.7 Å². The summed E-state index contributed by atoms with van der Waals surface area (Å²) in [6.07, 6.45) is 3.31. The number of amides is 1. The lowest BCUT2D eigenvalue weighted by Gasteiger charge is -2.04. The highest BCUT2D eigenvalue weighted by atomic mass is 79.9. The third kappa shape index (κ3) is 3.25. The van der Waals surface area contributed by atoms with Gasteiger partial charge in [-0.1, -0.05) is 12.1 Å². The van der Waals surface area contributed by atoms with Gasteiger partial charge in [-0.25, -0.2) is 9.97 Å². The number of halogens is 1. The van der Waals surface area contributed by atoms with Gasteiger partial charge in [0.25, 0.3) is 5.91 Å². The molecular formula is C15H13BrN4O2. The van der Waals surface area contributed by atoms with Gasteiger partial charge in [0.1, 0.15) is 5.58 Å². The zero-order valence-electron chi connectivity index (χ0n) is 11.5. The number of carbonyl (C=O) groups excluding carboxylic acids is 1. The number of nitrogens with one attached hydrogen (secondary N) is 2. The van der Waals surface area contributed by atoms with Crippen molar-refractivity contribution in [3.8, 4) is 0 Å². The number of benzene rings is 1. The molecule has 3 aromatic rings. The second kappa shape index (κ2) is 6.57. The smallest absolute Gasteiger partial charge is 0.287 e. The Kier molecular flexibility index (Phi) is 4.34. The van der Waals surface area contributed by atoms with E-state index in [1.807, 2.05) is 18.2 Å². The molecule has 22 heavy (non-hydrogen) atoms.